The minimum atomic E-state index is -0.364. The van der Waals surface area contributed by atoms with Crippen LogP contribution in [0, 0.1) is 10.1 Å². The summed E-state index contributed by atoms with van der Waals surface area (Å²) < 4.78 is 0. The van der Waals surface area contributed by atoms with Crippen LogP contribution in [0.15, 0.2) is 67.0 Å². The topological polar surface area (TPSA) is 87.4 Å². The molecule has 0 bridgehead atoms. The Balaban J connectivity index is 1.66. The van der Waals surface area contributed by atoms with E-state index in [4.69, 9.17) is 0 Å². The predicted octanol–water partition coefficient (Wildman–Crippen LogP) is 4.88. The van der Waals surface area contributed by atoms with Crippen LogP contribution in [0.3, 0.4) is 0 Å². The Morgan fingerprint density at radius 1 is 1.03 bits per heavy atom. The molecule has 1 saturated heterocycles. The van der Waals surface area contributed by atoms with Crippen LogP contribution in [0.2, 0.25) is 0 Å². The average molecular weight is 461 g/mol. The number of nitrogens with one attached hydrogen (secondary N) is 1. The number of hydrogen-bond acceptors (Lipinski definition) is 7. The Hall–Kier alpha value is -3.52. The number of aromatic nitrogens is 2. The first-order valence-electron chi connectivity index (χ1n) is 11.6. The summed E-state index contributed by atoms with van der Waals surface area (Å²) in [6.07, 6.45) is 2.33. The molecule has 178 valence electrons. The van der Waals surface area contributed by atoms with Crippen LogP contribution in [-0.2, 0) is 13.1 Å². The first-order chi connectivity index (χ1) is 16.3. The van der Waals surface area contributed by atoms with Gasteiger partial charge in [0.2, 0.25) is 11.6 Å². The van der Waals surface area contributed by atoms with Gasteiger partial charge in [0.15, 0.2) is 0 Å². The Bertz CT molecular complexity index is 1060. The number of benzene rings is 2. The lowest BCUT2D eigenvalue weighted by molar-refractivity contribution is -0.383. The normalized spacial score (nSPS) is 16.4. The second kappa shape index (κ2) is 10.2. The van der Waals surface area contributed by atoms with Crippen LogP contribution in [0.25, 0.3) is 0 Å². The summed E-state index contributed by atoms with van der Waals surface area (Å²) in [6.45, 7) is 9.31. The van der Waals surface area contributed by atoms with Gasteiger partial charge in [-0.1, -0.05) is 60.7 Å². The van der Waals surface area contributed by atoms with Crippen molar-refractivity contribution < 1.29 is 4.92 Å². The van der Waals surface area contributed by atoms with E-state index >= 15 is 0 Å². The third-order valence-electron chi connectivity index (χ3n) is 6.20. The molecule has 2 heterocycles. The molecule has 0 radical (unpaired) electrons. The molecule has 34 heavy (non-hydrogen) atoms. The molecule has 3 aromatic rings. The van der Waals surface area contributed by atoms with E-state index in [1.807, 2.05) is 65.6 Å². The van der Waals surface area contributed by atoms with Crippen molar-refractivity contribution in [1.82, 2.24) is 14.9 Å². The lowest BCUT2D eigenvalue weighted by atomic mass is 10.1. The SMILES string of the molecule is CC(C)(C)N1CC[C@@H](Nc2ncnc(N(Cc3ccccc3)Cc3ccccc3)c2[N+](=O)[O-])C1. The predicted molar refractivity (Wildman–Crippen MR) is 135 cm³/mol. The van der Waals surface area contributed by atoms with Gasteiger partial charge >= 0.3 is 5.69 Å². The molecule has 0 unspecified atom stereocenters. The van der Waals surface area contributed by atoms with Crippen LogP contribution < -0.4 is 10.2 Å². The molecule has 1 atom stereocenters. The quantitative estimate of drug-likeness (QED) is 0.379. The van der Waals surface area contributed by atoms with E-state index in [0.29, 0.717) is 18.9 Å². The zero-order valence-corrected chi connectivity index (χ0v) is 20.0. The van der Waals surface area contributed by atoms with Crippen molar-refractivity contribution in [3.05, 3.63) is 88.2 Å². The lowest BCUT2D eigenvalue weighted by Crippen LogP contribution is -2.40. The molecule has 2 aromatic carbocycles. The highest BCUT2D eigenvalue weighted by atomic mass is 16.6. The molecule has 1 aliphatic rings. The van der Waals surface area contributed by atoms with Gasteiger partial charge in [0, 0.05) is 37.8 Å². The van der Waals surface area contributed by atoms with E-state index in [9.17, 15) is 10.1 Å². The molecule has 8 nitrogen and oxygen atoms in total. The van der Waals surface area contributed by atoms with Crippen molar-refractivity contribution in [3.63, 3.8) is 0 Å². The molecule has 1 fully saturated rings. The minimum absolute atomic E-state index is 0.0569. The Morgan fingerprint density at radius 2 is 1.62 bits per heavy atom. The highest BCUT2D eigenvalue weighted by Gasteiger charge is 2.33. The second-order valence-corrected chi connectivity index (χ2v) is 9.73. The summed E-state index contributed by atoms with van der Waals surface area (Å²) in [4.78, 5) is 25.0. The number of nitro groups is 1. The van der Waals surface area contributed by atoms with E-state index < -0.39 is 0 Å². The molecule has 8 heteroatoms. The first-order valence-corrected chi connectivity index (χ1v) is 11.6. The van der Waals surface area contributed by atoms with E-state index in [0.717, 1.165) is 30.6 Å². The molecular formula is C26H32N6O2. The zero-order valence-electron chi connectivity index (χ0n) is 20.0. The van der Waals surface area contributed by atoms with E-state index in [-0.39, 0.29) is 28.0 Å². The maximum atomic E-state index is 12.3. The van der Waals surface area contributed by atoms with Crippen LogP contribution in [0.5, 0.6) is 0 Å². The number of anilines is 2. The van der Waals surface area contributed by atoms with Gasteiger partial charge in [-0.05, 0) is 38.3 Å². The van der Waals surface area contributed by atoms with Crippen molar-refractivity contribution in [2.75, 3.05) is 23.3 Å². The van der Waals surface area contributed by atoms with Gasteiger partial charge in [-0.2, -0.15) is 0 Å². The first kappa shape index (κ1) is 23.6. The van der Waals surface area contributed by atoms with E-state index in [2.05, 4.69) is 41.0 Å². The lowest BCUT2D eigenvalue weighted by Gasteiger charge is -2.31. The largest absolute Gasteiger partial charge is 0.360 e. The number of hydrogen-bond donors (Lipinski definition) is 1. The fraction of sp³-hybridized carbons (Fsp3) is 0.385. The minimum Gasteiger partial charge on any atom is -0.360 e. The average Bonchev–Trinajstić information content (AvgIpc) is 3.29. The summed E-state index contributed by atoms with van der Waals surface area (Å²) in [5.41, 5.74) is 2.08. The summed E-state index contributed by atoms with van der Waals surface area (Å²) in [6, 6.07) is 20.0. The monoisotopic (exact) mass is 460 g/mol. The standard InChI is InChI=1S/C26H32N6O2/c1-26(2,3)31-15-14-22(18-31)29-24-23(32(33)34)25(28-19-27-24)30(16-20-10-6-4-7-11-20)17-21-12-8-5-9-13-21/h4-13,19,22H,14-18H2,1-3H3,(H,27,28,29)/t22-/m1/s1. The third kappa shape index (κ3) is 5.69. The van der Waals surface area contributed by atoms with Crippen molar-refractivity contribution in [2.24, 2.45) is 0 Å². The Morgan fingerprint density at radius 3 is 2.12 bits per heavy atom. The molecular weight excluding hydrogens is 428 g/mol. The molecule has 1 aliphatic heterocycles. The maximum absolute atomic E-state index is 12.3. The smallest absolute Gasteiger partial charge is 0.353 e. The molecule has 0 amide bonds. The molecule has 0 saturated carbocycles. The fourth-order valence-electron chi connectivity index (χ4n) is 4.37. The van der Waals surface area contributed by atoms with Crippen molar-refractivity contribution in [1.29, 1.82) is 0 Å². The zero-order chi connectivity index (χ0) is 24.1. The highest BCUT2D eigenvalue weighted by molar-refractivity contribution is 5.70. The van der Waals surface area contributed by atoms with Crippen molar-refractivity contribution >= 4 is 17.3 Å². The summed E-state index contributed by atoms with van der Waals surface area (Å²) in [7, 11) is 0. The van der Waals surface area contributed by atoms with E-state index in [1.165, 1.54) is 6.33 Å². The van der Waals surface area contributed by atoms with Crippen LogP contribution in [-0.4, -0.2) is 44.5 Å². The number of nitrogens with zero attached hydrogens (tertiary/aromatic N) is 5. The molecule has 0 aliphatic carbocycles. The van der Waals surface area contributed by atoms with Crippen molar-refractivity contribution in [3.8, 4) is 0 Å². The van der Waals surface area contributed by atoms with Crippen LogP contribution >= 0.6 is 0 Å². The van der Waals surface area contributed by atoms with Gasteiger partial charge in [-0.3, -0.25) is 15.0 Å². The number of rotatable bonds is 8. The van der Waals surface area contributed by atoms with Gasteiger partial charge in [0.25, 0.3) is 0 Å². The van der Waals surface area contributed by atoms with Gasteiger partial charge in [-0.15, -0.1) is 0 Å². The second-order valence-electron chi connectivity index (χ2n) is 9.73. The van der Waals surface area contributed by atoms with Gasteiger partial charge in [-0.25, -0.2) is 9.97 Å². The fourth-order valence-corrected chi connectivity index (χ4v) is 4.37. The van der Waals surface area contributed by atoms with Gasteiger partial charge < -0.3 is 10.2 Å². The molecule has 4 rings (SSSR count). The van der Waals surface area contributed by atoms with Crippen LogP contribution in [0.1, 0.15) is 38.3 Å². The highest BCUT2D eigenvalue weighted by Crippen LogP contribution is 2.35. The van der Waals surface area contributed by atoms with Gasteiger partial charge in [0.1, 0.15) is 6.33 Å². The van der Waals surface area contributed by atoms with Crippen LogP contribution in [0.4, 0.5) is 17.3 Å². The van der Waals surface area contributed by atoms with Gasteiger partial charge in [0.05, 0.1) is 4.92 Å². The van der Waals surface area contributed by atoms with E-state index in [1.54, 1.807) is 0 Å². The Labute approximate surface area is 200 Å². The molecule has 0 spiro atoms. The maximum Gasteiger partial charge on any atom is 0.353 e. The molecule has 1 N–H and O–H groups in total. The number of likely N-dealkylation sites (tertiary alicyclic amines) is 1. The molecule has 1 aromatic heterocycles. The van der Waals surface area contributed by atoms with Crippen molar-refractivity contribution in [2.45, 2.75) is 51.9 Å². The third-order valence-corrected chi connectivity index (χ3v) is 6.20. The summed E-state index contributed by atoms with van der Waals surface area (Å²) in [5, 5.41) is 15.7. The Kier molecular flexibility index (Phi) is 7.07. The summed E-state index contributed by atoms with van der Waals surface area (Å²) in [5.74, 6) is 0.600. The summed E-state index contributed by atoms with van der Waals surface area (Å²) >= 11 is 0.